The molecular weight excluding hydrogens is 466 g/mol. The summed E-state index contributed by atoms with van der Waals surface area (Å²) in [7, 11) is -3.93. The molecule has 4 aromatic rings. The predicted molar refractivity (Wildman–Crippen MR) is 132 cm³/mol. The molecule has 1 amide bonds. The molecular formula is C26H25N3O5S. The summed E-state index contributed by atoms with van der Waals surface area (Å²) in [5.41, 5.74) is 3.39. The lowest BCUT2D eigenvalue weighted by molar-refractivity contribution is -0.122. The van der Waals surface area contributed by atoms with Crippen LogP contribution in [0.15, 0.2) is 77.8 Å². The Bertz CT molecular complexity index is 1500. The zero-order valence-corrected chi connectivity index (χ0v) is 19.9. The van der Waals surface area contributed by atoms with Crippen molar-refractivity contribution in [2.24, 2.45) is 0 Å². The standard InChI is InChI=1S/C26H25N3O5S/c1-17-5-4-6-20(11-17)35(31,32)29-23(13-19-15-27-22-8-3-2-7-21(19)22)26(30)28-14-18-9-10-24-25(12-18)34-16-33-24/h2-12,15,23,27,29H,13-14,16H2,1H3,(H,28,30)/t23-/m0/s1. The summed E-state index contributed by atoms with van der Waals surface area (Å²) in [6, 6.07) is 18.7. The number of H-pyrrole nitrogens is 1. The Balaban J connectivity index is 1.39. The van der Waals surface area contributed by atoms with E-state index < -0.39 is 22.0 Å². The number of rotatable bonds is 8. The third-order valence-corrected chi connectivity index (χ3v) is 7.39. The fraction of sp³-hybridized carbons (Fsp3) is 0.192. The van der Waals surface area contributed by atoms with Crippen molar-refractivity contribution in [3.8, 4) is 11.5 Å². The second-order valence-electron chi connectivity index (χ2n) is 8.46. The summed E-state index contributed by atoms with van der Waals surface area (Å²) in [6.45, 7) is 2.20. The van der Waals surface area contributed by atoms with Crippen molar-refractivity contribution in [1.82, 2.24) is 15.0 Å². The first-order valence-electron chi connectivity index (χ1n) is 11.2. The molecule has 180 valence electrons. The number of ether oxygens (including phenoxy) is 2. The summed E-state index contributed by atoms with van der Waals surface area (Å²) in [4.78, 5) is 16.6. The van der Waals surface area contributed by atoms with Gasteiger partial charge in [-0.25, -0.2) is 8.42 Å². The van der Waals surface area contributed by atoms with Gasteiger partial charge < -0.3 is 19.8 Å². The van der Waals surface area contributed by atoms with Crippen molar-refractivity contribution in [3.05, 3.63) is 89.6 Å². The largest absolute Gasteiger partial charge is 0.454 e. The Hall–Kier alpha value is -3.82. The van der Waals surface area contributed by atoms with Crippen molar-refractivity contribution in [2.45, 2.75) is 30.8 Å². The van der Waals surface area contributed by atoms with Gasteiger partial charge in [0.2, 0.25) is 22.7 Å². The first-order valence-corrected chi connectivity index (χ1v) is 12.7. The molecule has 0 radical (unpaired) electrons. The SMILES string of the molecule is Cc1cccc(S(=O)(=O)N[C@@H](Cc2c[nH]c3ccccc23)C(=O)NCc2ccc3c(c2)OCO3)c1. The number of hydrogen-bond donors (Lipinski definition) is 3. The minimum atomic E-state index is -3.93. The highest BCUT2D eigenvalue weighted by Crippen LogP contribution is 2.32. The van der Waals surface area contributed by atoms with Gasteiger partial charge in [-0.15, -0.1) is 0 Å². The molecule has 1 aromatic heterocycles. The van der Waals surface area contributed by atoms with Gasteiger partial charge in [0.1, 0.15) is 6.04 Å². The maximum absolute atomic E-state index is 13.3. The summed E-state index contributed by atoms with van der Waals surface area (Å²) in [5, 5.41) is 3.80. The second kappa shape index (κ2) is 9.44. The third kappa shape index (κ3) is 5.01. The molecule has 8 nitrogen and oxygen atoms in total. The molecule has 1 atom stereocenters. The lowest BCUT2D eigenvalue weighted by Gasteiger charge is -2.19. The van der Waals surface area contributed by atoms with Crippen LogP contribution in [-0.4, -0.2) is 32.1 Å². The van der Waals surface area contributed by atoms with Gasteiger partial charge >= 0.3 is 0 Å². The summed E-state index contributed by atoms with van der Waals surface area (Å²) in [6.07, 6.45) is 1.99. The van der Waals surface area contributed by atoms with E-state index in [-0.39, 0.29) is 24.7 Å². The van der Waals surface area contributed by atoms with Gasteiger partial charge in [0.25, 0.3) is 0 Å². The van der Waals surface area contributed by atoms with Crippen LogP contribution in [0.5, 0.6) is 11.5 Å². The lowest BCUT2D eigenvalue weighted by Crippen LogP contribution is -2.47. The van der Waals surface area contributed by atoms with Gasteiger partial charge in [0.15, 0.2) is 11.5 Å². The first kappa shape index (κ1) is 22.9. The van der Waals surface area contributed by atoms with Crippen LogP contribution in [0.3, 0.4) is 0 Å². The van der Waals surface area contributed by atoms with Gasteiger partial charge in [0, 0.05) is 23.6 Å². The fourth-order valence-electron chi connectivity index (χ4n) is 4.11. The van der Waals surface area contributed by atoms with Gasteiger partial charge in [-0.1, -0.05) is 36.4 Å². The number of carbonyl (C=O) groups excluding carboxylic acids is 1. The van der Waals surface area contributed by atoms with E-state index in [9.17, 15) is 13.2 Å². The Morgan fingerprint density at radius 3 is 2.71 bits per heavy atom. The highest BCUT2D eigenvalue weighted by molar-refractivity contribution is 7.89. The van der Waals surface area contributed by atoms with Gasteiger partial charge in [-0.3, -0.25) is 4.79 Å². The smallest absolute Gasteiger partial charge is 0.241 e. The van der Waals surface area contributed by atoms with Crippen LogP contribution in [0.4, 0.5) is 0 Å². The average molecular weight is 492 g/mol. The molecule has 1 aliphatic rings. The summed E-state index contributed by atoms with van der Waals surface area (Å²) in [5.74, 6) is 0.847. The third-order valence-electron chi connectivity index (χ3n) is 5.92. The number of amides is 1. The molecule has 1 aliphatic heterocycles. The van der Waals surface area contributed by atoms with E-state index in [1.54, 1.807) is 24.3 Å². The molecule has 3 aromatic carbocycles. The molecule has 5 rings (SSSR count). The zero-order valence-electron chi connectivity index (χ0n) is 19.1. The van der Waals surface area contributed by atoms with Crippen LogP contribution in [-0.2, 0) is 27.8 Å². The van der Waals surface area contributed by atoms with E-state index in [1.165, 1.54) is 6.07 Å². The topological polar surface area (TPSA) is 110 Å². The van der Waals surface area contributed by atoms with Crippen LogP contribution in [0, 0.1) is 6.92 Å². The van der Waals surface area contributed by atoms with Crippen molar-refractivity contribution >= 4 is 26.8 Å². The van der Waals surface area contributed by atoms with Crippen LogP contribution in [0.25, 0.3) is 10.9 Å². The Labute approximate surface area is 203 Å². The number of para-hydroxylation sites is 1. The molecule has 0 saturated carbocycles. The van der Waals surface area contributed by atoms with E-state index in [1.807, 2.05) is 49.5 Å². The summed E-state index contributed by atoms with van der Waals surface area (Å²) >= 11 is 0. The minimum absolute atomic E-state index is 0.116. The van der Waals surface area contributed by atoms with E-state index in [2.05, 4.69) is 15.0 Å². The Morgan fingerprint density at radius 1 is 1.03 bits per heavy atom. The fourth-order valence-corrected chi connectivity index (χ4v) is 5.41. The van der Waals surface area contributed by atoms with Crippen molar-refractivity contribution in [1.29, 1.82) is 0 Å². The summed E-state index contributed by atoms with van der Waals surface area (Å²) < 4.78 is 39.7. The predicted octanol–water partition coefficient (Wildman–Crippen LogP) is 3.41. The van der Waals surface area contributed by atoms with E-state index in [0.717, 1.165) is 27.6 Å². The van der Waals surface area contributed by atoms with Crippen molar-refractivity contribution < 1.29 is 22.7 Å². The van der Waals surface area contributed by atoms with Crippen molar-refractivity contribution in [2.75, 3.05) is 6.79 Å². The average Bonchev–Trinajstić information content (AvgIpc) is 3.49. The molecule has 2 heterocycles. The normalized spacial score (nSPS) is 13.6. The molecule has 0 aliphatic carbocycles. The second-order valence-corrected chi connectivity index (χ2v) is 10.2. The number of benzene rings is 3. The van der Waals surface area contributed by atoms with E-state index in [4.69, 9.17) is 9.47 Å². The van der Waals surface area contributed by atoms with E-state index >= 15 is 0 Å². The monoisotopic (exact) mass is 491 g/mol. The quantitative estimate of drug-likeness (QED) is 0.350. The van der Waals surface area contributed by atoms with Crippen LogP contribution in [0.2, 0.25) is 0 Å². The number of nitrogens with one attached hydrogen (secondary N) is 3. The number of carbonyl (C=O) groups is 1. The molecule has 0 fully saturated rings. The number of fused-ring (bicyclic) bond motifs is 2. The number of aromatic amines is 1. The molecule has 0 unspecified atom stereocenters. The minimum Gasteiger partial charge on any atom is -0.454 e. The zero-order chi connectivity index (χ0) is 24.4. The molecule has 3 N–H and O–H groups in total. The van der Waals surface area contributed by atoms with Crippen LogP contribution < -0.4 is 19.5 Å². The highest BCUT2D eigenvalue weighted by Gasteiger charge is 2.27. The number of sulfonamides is 1. The molecule has 35 heavy (non-hydrogen) atoms. The lowest BCUT2D eigenvalue weighted by atomic mass is 10.0. The van der Waals surface area contributed by atoms with Crippen LogP contribution in [0.1, 0.15) is 16.7 Å². The van der Waals surface area contributed by atoms with Gasteiger partial charge in [-0.2, -0.15) is 4.72 Å². The Kier molecular flexibility index (Phi) is 6.19. The maximum atomic E-state index is 13.3. The van der Waals surface area contributed by atoms with Crippen LogP contribution >= 0.6 is 0 Å². The molecule has 0 bridgehead atoms. The molecule has 0 spiro atoms. The number of aromatic nitrogens is 1. The molecule has 0 saturated heterocycles. The van der Waals surface area contributed by atoms with Gasteiger partial charge in [0.05, 0.1) is 4.90 Å². The molecule has 9 heteroatoms. The number of hydrogen-bond acceptors (Lipinski definition) is 5. The Morgan fingerprint density at radius 2 is 1.86 bits per heavy atom. The number of aryl methyl sites for hydroxylation is 1. The van der Waals surface area contributed by atoms with Gasteiger partial charge in [-0.05, 0) is 60.4 Å². The highest BCUT2D eigenvalue weighted by atomic mass is 32.2. The van der Waals surface area contributed by atoms with Crippen molar-refractivity contribution in [3.63, 3.8) is 0 Å². The first-order chi connectivity index (χ1) is 16.9. The maximum Gasteiger partial charge on any atom is 0.241 e. The van der Waals surface area contributed by atoms with E-state index in [0.29, 0.717) is 11.5 Å².